The summed E-state index contributed by atoms with van der Waals surface area (Å²) in [6.07, 6.45) is 2.24. The van der Waals surface area contributed by atoms with Crippen LogP contribution in [0.15, 0.2) is 46.1 Å². The second-order valence-electron chi connectivity index (χ2n) is 6.71. The third kappa shape index (κ3) is 6.57. The lowest BCUT2D eigenvalue weighted by Crippen LogP contribution is -2.54. The van der Waals surface area contributed by atoms with Crippen LogP contribution in [0, 0.1) is 0 Å². The van der Waals surface area contributed by atoms with Gasteiger partial charge in [-0.2, -0.15) is 4.31 Å². The van der Waals surface area contributed by atoms with E-state index in [-0.39, 0.29) is 29.7 Å². The number of hydrogen-bond donors (Lipinski definition) is 1. The predicted molar refractivity (Wildman–Crippen MR) is 126 cm³/mol. The molecule has 1 N–H and O–H groups in total. The van der Waals surface area contributed by atoms with Crippen LogP contribution in [0.2, 0.25) is 0 Å². The molecule has 2 aromatic rings. The average Bonchev–Trinajstić information content (AvgIpc) is 3.24. The maximum absolute atomic E-state index is 12.5. The molecule has 1 aliphatic heterocycles. The lowest BCUT2D eigenvalue weighted by molar-refractivity contribution is 0.260. The molecule has 3 rings (SSSR count). The van der Waals surface area contributed by atoms with Gasteiger partial charge in [-0.3, -0.25) is 4.99 Å². The van der Waals surface area contributed by atoms with E-state index in [1.54, 1.807) is 20.2 Å². The van der Waals surface area contributed by atoms with E-state index >= 15 is 0 Å². The lowest BCUT2D eigenvalue weighted by atomic mass is 10.1. The largest absolute Gasteiger partial charge is 0.497 e. The standard InChI is InChI=1S/C19H27N5O4S.HI/c1-20-19(21-9-7-16-3-5-18(27-2)6-4-16)23-10-12-24(13-11-23)29(25,26)15-17-8-14-28-22-17;/h3-6,8,14H,7,9-13,15H2,1-2H3,(H,20,21);1H. The number of aromatic nitrogens is 1. The quantitative estimate of drug-likeness (QED) is 0.318. The minimum absolute atomic E-state index is 0. The summed E-state index contributed by atoms with van der Waals surface area (Å²) < 4.78 is 36.5. The van der Waals surface area contributed by atoms with Crippen LogP contribution in [-0.2, 0) is 22.2 Å². The molecule has 1 aliphatic rings. The number of nitrogens with zero attached hydrogens (tertiary/aromatic N) is 4. The first-order valence-corrected chi connectivity index (χ1v) is 11.1. The topological polar surface area (TPSA) is 100 Å². The molecular weight excluding hydrogens is 521 g/mol. The van der Waals surface area contributed by atoms with Gasteiger partial charge in [-0.15, -0.1) is 24.0 Å². The highest BCUT2D eigenvalue weighted by Gasteiger charge is 2.28. The summed E-state index contributed by atoms with van der Waals surface area (Å²) in [5.74, 6) is 1.49. The Morgan fingerprint density at radius 2 is 1.90 bits per heavy atom. The van der Waals surface area contributed by atoms with Gasteiger partial charge in [0.15, 0.2) is 5.96 Å². The van der Waals surface area contributed by atoms with Crippen molar-refractivity contribution in [3.05, 3.63) is 47.9 Å². The summed E-state index contributed by atoms with van der Waals surface area (Å²) in [7, 11) is -0.0151. The number of ether oxygens (including phenoxy) is 1. The van der Waals surface area contributed by atoms with Crippen molar-refractivity contribution >= 4 is 40.0 Å². The van der Waals surface area contributed by atoms with Gasteiger partial charge in [-0.25, -0.2) is 8.42 Å². The molecule has 0 unspecified atom stereocenters. The molecule has 0 spiro atoms. The highest BCUT2D eigenvalue weighted by atomic mass is 127. The normalized spacial score (nSPS) is 15.5. The van der Waals surface area contributed by atoms with Gasteiger partial charge in [0.25, 0.3) is 0 Å². The van der Waals surface area contributed by atoms with Crippen molar-refractivity contribution in [3.8, 4) is 5.75 Å². The van der Waals surface area contributed by atoms with Crippen LogP contribution < -0.4 is 10.1 Å². The van der Waals surface area contributed by atoms with Crippen LogP contribution in [0.3, 0.4) is 0 Å². The summed E-state index contributed by atoms with van der Waals surface area (Å²) in [6, 6.07) is 9.55. The molecule has 1 aromatic heterocycles. The van der Waals surface area contributed by atoms with E-state index in [4.69, 9.17) is 9.26 Å². The van der Waals surface area contributed by atoms with Gasteiger partial charge in [0.05, 0.1) is 12.8 Å². The van der Waals surface area contributed by atoms with Crippen LogP contribution in [0.25, 0.3) is 0 Å². The van der Waals surface area contributed by atoms with E-state index in [9.17, 15) is 8.42 Å². The van der Waals surface area contributed by atoms with Crippen molar-refractivity contribution in [2.45, 2.75) is 12.2 Å². The maximum atomic E-state index is 12.5. The lowest BCUT2D eigenvalue weighted by Gasteiger charge is -2.35. The summed E-state index contributed by atoms with van der Waals surface area (Å²) in [6.45, 7) is 2.74. The molecule has 166 valence electrons. The molecule has 0 radical (unpaired) electrons. The van der Waals surface area contributed by atoms with E-state index in [0.717, 1.165) is 24.7 Å². The van der Waals surface area contributed by atoms with Crippen LogP contribution in [-0.4, -0.2) is 75.6 Å². The SMILES string of the molecule is CN=C(NCCc1ccc(OC)cc1)N1CCN(S(=O)(=O)Cc2ccon2)CC1.I. The Morgan fingerprint density at radius 3 is 2.47 bits per heavy atom. The monoisotopic (exact) mass is 549 g/mol. The fourth-order valence-electron chi connectivity index (χ4n) is 3.21. The Kier molecular flexibility index (Phi) is 9.37. The summed E-state index contributed by atoms with van der Waals surface area (Å²) in [4.78, 5) is 6.42. The number of rotatable bonds is 7. The van der Waals surface area contributed by atoms with Crippen molar-refractivity contribution < 1.29 is 17.7 Å². The molecule has 1 aromatic carbocycles. The third-order valence-corrected chi connectivity index (χ3v) is 6.63. The summed E-state index contributed by atoms with van der Waals surface area (Å²) in [5, 5.41) is 7.05. The number of sulfonamides is 1. The van der Waals surface area contributed by atoms with Gasteiger partial charge >= 0.3 is 0 Å². The van der Waals surface area contributed by atoms with Gasteiger partial charge in [0.1, 0.15) is 17.8 Å². The molecule has 0 saturated carbocycles. The Morgan fingerprint density at radius 1 is 1.20 bits per heavy atom. The number of nitrogens with one attached hydrogen (secondary N) is 1. The molecule has 2 heterocycles. The van der Waals surface area contributed by atoms with Crippen molar-refractivity contribution in [1.82, 2.24) is 19.7 Å². The number of benzene rings is 1. The highest BCUT2D eigenvalue weighted by Crippen LogP contribution is 2.13. The number of guanidine groups is 1. The number of hydrogen-bond acceptors (Lipinski definition) is 6. The number of methoxy groups -OCH3 is 1. The van der Waals surface area contributed by atoms with Gasteiger partial charge in [-0.05, 0) is 24.1 Å². The molecule has 30 heavy (non-hydrogen) atoms. The van der Waals surface area contributed by atoms with Crippen molar-refractivity contribution in [3.63, 3.8) is 0 Å². The molecule has 11 heteroatoms. The zero-order valence-corrected chi connectivity index (χ0v) is 20.3. The first-order chi connectivity index (χ1) is 14.0. The van der Waals surface area contributed by atoms with Gasteiger partial charge in [-0.1, -0.05) is 17.3 Å². The Hall–Kier alpha value is -1.86. The molecule has 0 bridgehead atoms. The Labute approximate surface area is 194 Å². The van der Waals surface area contributed by atoms with E-state index in [0.29, 0.717) is 31.9 Å². The average molecular weight is 549 g/mol. The van der Waals surface area contributed by atoms with Crippen LogP contribution >= 0.6 is 24.0 Å². The summed E-state index contributed by atoms with van der Waals surface area (Å²) in [5.41, 5.74) is 1.63. The maximum Gasteiger partial charge on any atom is 0.220 e. The number of piperazine rings is 1. The third-order valence-electron chi connectivity index (χ3n) is 4.82. The second kappa shape index (κ2) is 11.5. The van der Waals surface area contributed by atoms with Crippen molar-refractivity contribution in [1.29, 1.82) is 0 Å². The fourth-order valence-corrected chi connectivity index (χ4v) is 4.64. The number of aliphatic imine (C=N–C) groups is 1. The smallest absolute Gasteiger partial charge is 0.220 e. The Balaban J connectivity index is 0.00000320. The first-order valence-electron chi connectivity index (χ1n) is 9.47. The van der Waals surface area contributed by atoms with Crippen LogP contribution in [0.4, 0.5) is 0 Å². The van der Waals surface area contributed by atoms with Gasteiger partial charge in [0.2, 0.25) is 10.0 Å². The molecule has 0 aliphatic carbocycles. The van der Waals surface area contributed by atoms with Crippen molar-refractivity contribution in [2.24, 2.45) is 4.99 Å². The fraction of sp³-hybridized carbons (Fsp3) is 0.474. The van der Waals surface area contributed by atoms with E-state index < -0.39 is 10.0 Å². The van der Waals surface area contributed by atoms with Crippen LogP contribution in [0.5, 0.6) is 5.75 Å². The Bertz CT molecular complexity index is 896. The molecule has 0 amide bonds. The van der Waals surface area contributed by atoms with E-state index in [2.05, 4.69) is 20.4 Å². The van der Waals surface area contributed by atoms with Crippen molar-refractivity contribution in [2.75, 3.05) is 46.9 Å². The number of halogens is 1. The molecule has 1 fully saturated rings. The van der Waals surface area contributed by atoms with Gasteiger partial charge in [0, 0.05) is 45.8 Å². The second-order valence-corrected chi connectivity index (χ2v) is 8.67. The molecule has 1 saturated heterocycles. The zero-order chi connectivity index (χ0) is 20.7. The predicted octanol–water partition coefficient (Wildman–Crippen LogP) is 1.57. The minimum atomic E-state index is -3.41. The van der Waals surface area contributed by atoms with Crippen LogP contribution in [0.1, 0.15) is 11.3 Å². The zero-order valence-electron chi connectivity index (χ0n) is 17.2. The first kappa shape index (κ1) is 24.4. The highest BCUT2D eigenvalue weighted by molar-refractivity contribution is 14.0. The molecular formula is C19H28IN5O4S. The molecule has 9 nitrogen and oxygen atoms in total. The minimum Gasteiger partial charge on any atom is -0.497 e. The molecule has 0 atom stereocenters. The summed E-state index contributed by atoms with van der Waals surface area (Å²) >= 11 is 0. The van der Waals surface area contributed by atoms with E-state index in [1.165, 1.54) is 16.1 Å². The van der Waals surface area contributed by atoms with E-state index in [1.807, 2.05) is 24.3 Å². The van der Waals surface area contributed by atoms with Gasteiger partial charge < -0.3 is 19.5 Å².